The van der Waals surface area contributed by atoms with Gasteiger partial charge in [-0.15, -0.1) is 0 Å². The second kappa shape index (κ2) is 10.3. The fourth-order valence-electron chi connectivity index (χ4n) is 3.99. The Morgan fingerprint density at radius 3 is 2.43 bits per heavy atom. The molecule has 8 heteroatoms. The molecule has 1 aliphatic heterocycles. The molecule has 1 aliphatic carbocycles. The number of nitrogens with one attached hydrogen (secondary N) is 1. The van der Waals surface area contributed by atoms with Gasteiger partial charge in [0.25, 0.3) is 11.8 Å². The van der Waals surface area contributed by atoms with Gasteiger partial charge in [-0.2, -0.15) is 10.1 Å². The molecule has 2 amide bonds. The first-order valence-electron chi connectivity index (χ1n) is 12.3. The van der Waals surface area contributed by atoms with Crippen molar-refractivity contribution in [1.29, 1.82) is 0 Å². The van der Waals surface area contributed by atoms with Crippen molar-refractivity contribution in [1.82, 2.24) is 5.32 Å². The molecule has 1 N–H and O–H groups in total. The Kier molecular flexibility index (Phi) is 6.72. The van der Waals surface area contributed by atoms with Gasteiger partial charge < -0.3 is 14.5 Å². The van der Waals surface area contributed by atoms with Crippen molar-refractivity contribution >= 4 is 35.3 Å². The van der Waals surface area contributed by atoms with E-state index in [2.05, 4.69) is 10.4 Å². The zero-order chi connectivity index (χ0) is 25.9. The number of benzene rings is 2. The smallest absolute Gasteiger partial charge is 0.338 e. The van der Waals surface area contributed by atoms with E-state index in [1.54, 1.807) is 62.4 Å². The van der Waals surface area contributed by atoms with E-state index < -0.39 is 5.97 Å². The molecular formula is C29H27N3O5. The van der Waals surface area contributed by atoms with E-state index in [1.165, 1.54) is 17.9 Å². The predicted molar refractivity (Wildman–Crippen MR) is 140 cm³/mol. The molecule has 1 fully saturated rings. The number of anilines is 1. The molecule has 0 atom stereocenters. The van der Waals surface area contributed by atoms with Gasteiger partial charge in [0.2, 0.25) is 0 Å². The number of carbonyl (C=O) groups is 3. The summed E-state index contributed by atoms with van der Waals surface area (Å²) in [5.41, 5.74) is 3.36. The van der Waals surface area contributed by atoms with Crippen LogP contribution < -0.4 is 10.3 Å². The first-order chi connectivity index (χ1) is 17.9. The molecular weight excluding hydrogens is 470 g/mol. The molecule has 0 unspecified atom stereocenters. The molecule has 5 rings (SSSR count). The molecule has 3 aromatic rings. The van der Waals surface area contributed by atoms with E-state index in [9.17, 15) is 14.4 Å². The molecule has 0 radical (unpaired) electrons. The Balaban J connectivity index is 1.27. The third-order valence-corrected chi connectivity index (χ3v) is 6.28. The van der Waals surface area contributed by atoms with Crippen molar-refractivity contribution in [3.05, 3.63) is 83.1 Å². The highest BCUT2D eigenvalue weighted by molar-refractivity contribution is 6.32. The Hall–Kier alpha value is -4.46. The number of furan rings is 1. The van der Waals surface area contributed by atoms with E-state index in [1.807, 2.05) is 18.2 Å². The molecule has 0 spiro atoms. The SMILES string of the molecule is CCOC(=O)c1ccc(N2N=C(C)/C(=C/c3ccc(-c4ccc(C(=O)NCC5CC5)cc4)o3)C2=O)cc1. The number of amides is 2. The van der Waals surface area contributed by atoms with Crippen LogP contribution in [0.15, 0.2) is 75.8 Å². The summed E-state index contributed by atoms with van der Waals surface area (Å²) in [6.07, 6.45) is 4.04. The van der Waals surface area contributed by atoms with E-state index in [-0.39, 0.29) is 11.8 Å². The van der Waals surface area contributed by atoms with E-state index >= 15 is 0 Å². The van der Waals surface area contributed by atoms with Gasteiger partial charge >= 0.3 is 5.97 Å². The average Bonchev–Trinajstić information content (AvgIpc) is 3.56. The number of hydrogen-bond acceptors (Lipinski definition) is 6. The second-order valence-corrected chi connectivity index (χ2v) is 9.06. The number of hydrogen-bond donors (Lipinski definition) is 1. The summed E-state index contributed by atoms with van der Waals surface area (Å²) >= 11 is 0. The van der Waals surface area contributed by atoms with Gasteiger partial charge in [-0.25, -0.2) is 4.79 Å². The number of carbonyl (C=O) groups excluding carboxylic acids is 3. The molecule has 1 aromatic heterocycles. The van der Waals surface area contributed by atoms with Crippen LogP contribution in [0.4, 0.5) is 5.69 Å². The first-order valence-corrected chi connectivity index (χ1v) is 12.3. The van der Waals surface area contributed by atoms with Crippen LogP contribution in [0.2, 0.25) is 0 Å². The summed E-state index contributed by atoms with van der Waals surface area (Å²) in [6.45, 7) is 4.53. The molecule has 0 bridgehead atoms. The molecule has 188 valence electrons. The summed E-state index contributed by atoms with van der Waals surface area (Å²) in [4.78, 5) is 37.2. The number of esters is 1. The zero-order valence-corrected chi connectivity index (χ0v) is 20.7. The maximum absolute atomic E-state index is 13.1. The number of hydrazone groups is 1. The van der Waals surface area contributed by atoms with E-state index in [0.717, 1.165) is 12.1 Å². The molecule has 0 saturated heterocycles. The molecule has 2 aliphatic rings. The standard InChI is InChI=1S/C29H27N3O5/c1-3-36-29(35)22-10-12-23(13-11-22)32-28(34)25(18(2)31-32)16-24-14-15-26(37-24)20-6-8-21(9-7-20)27(33)30-17-19-4-5-19/h6-16,19H,3-5,17H2,1-2H3,(H,30,33)/b25-16-. The maximum Gasteiger partial charge on any atom is 0.338 e. The minimum atomic E-state index is -0.415. The fourth-order valence-corrected chi connectivity index (χ4v) is 3.99. The summed E-state index contributed by atoms with van der Waals surface area (Å²) in [5, 5.41) is 8.65. The molecule has 8 nitrogen and oxygen atoms in total. The minimum absolute atomic E-state index is 0.0714. The normalized spacial score (nSPS) is 16.2. The van der Waals surface area contributed by atoms with Crippen molar-refractivity contribution in [2.45, 2.75) is 26.7 Å². The molecule has 1 saturated carbocycles. The van der Waals surface area contributed by atoms with E-state index in [0.29, 0.717) is 52.1 Å². The molecule has 2 heterocycles. The van der Waals surface area contributed by atoms with Gasteiger partial charge in [0.1, 0.15) is 11.5 Å². The van der Waals surface area contributed by atoms with Crippen molar-refractivity contribution in [3.8, 4) is 11.3 Å². The first kappa shape index (κ1) is 24.2. The van der Waals surface area contributed by atoms with Crippen molar-refractivity contribution < 1.29 is 23.5 Å². The predicted octanol–water partition coefficient (Wildman–Crippen LogP) is 5.07. The van der Waals surface area contributed by atoms with Crippen LogP contribution in [0.25, 0.3) is 17.4 Å². The monoisotopic (exact) mass is 497 g/mol. The number of ether oxygens (including phenoxy) is 1. The highest BCUT2D eigenvalue weighted by atomic mass is 16.5. The van der Waals surface area contributed by atoms with Crippen LogP contribution in [0.1, 0.15) is 53.2 Å². The Morgan fingerprint density at radius 2 is 1.76 bits per heavy atom. The van der Waals surface area contributed by atoms with Gasteiger partial charge in [-0.3, -0.25) is 9.59 Å². The summed E-state index contributed by atoms with van der Waals surface area (Å²) < 4.78 is 11.0. The fraction of sp³-hybridized carbons (Fsp3) is 0.241. The topological polar surface area (TPSA) is 101 Å². The lowest BCUT2D eigenvalue weighted by atomic mass is 10.1. The minimum Gasteiger partial charge on any atom is -0.462 e. The van der Waals surface area contributed by atoms with Crippen LogP contribution in [-0.4, -0.2) is 36.6 Å². The third-order valence-electron chi connectivity index (χ3n) is 6.28. The van der Waals surface area contributed by atoms with Gasteiger partial charge in [0.05, 0.1) is 29.1 Å². The van der Waals surface area contributed by atoms with Gasteiger partial charge in [0.15, 0.2) is 0 Å². The van der Waals surface area contributed by atoms with Crippen LogP contribution in [0, 0.1) is 5.92 Å². The lowest BCUT2D eigenvalue weighted by molar-refractivity contribution is -0.114. The van der Waals surface area contributed by atoms with Crippen LogP contribution in [0.5, 0.6) is 0 Å². The Bertz CT molecular complexity index is 1400. The van der Waals surface area contributed by atoms with E-state index in [4.69, 9.17) is 9.15 Å². The maximum atomic E-state index is 13.1. The lowest BCUT2D eigenvalue weighted by Crippen LogP contribution is -2.25. The Labute approximate surface area is 214 Å². The second-order valence-electron chi connectivity index (χ2n) is 9.06. The zero-order valence-electron chi connectivity index (χ0n) is 20.7. The van der Waals surface area contributed by atoms with Gasteiger partial charge in [-0.1, -0.05) is 12.1 Å². The van der Waals surface area contributed by atoms with Crippen molar-refractivity contribution in [3.63, 3.8) is 0 Å². The average molecular weight is 498 g/mol. The van der Waals surface area contributed by atoms with Crippen LogP contribution in [0.3, 0.4) is 0 Å². The summed E-state index contributed by atoms with van der Waals surface area (Å²) in [6, 6.07) is 17.4. The Morgan fingerprint density at radius 1 is 1.05 bits per heavy atom. The summed E-state index contributed by atoms with van der Waals surface area (Å²) in [5.74, 6) is 0.992. The summed E-state index contributed by atoms with van der Waals surface area (Å²) in [7, 11) is 0. The highest BCUT2D eigenvalue weighted by Gasteiger charge is 2.29. The van der Waals surface area contributed by atoms with Gasteiger partial charge in [-0.05, 0) is 87.2 Å². The van der Waals surface area contributed by atoms with Crippen LogP contribution in [-0.2, 0) is 9.53 Å². The lowest BCUT2D eigenvalue weighted by Gasteiger charge is -2.12. The van der Waals surface area contributed by atoms with Crippen molar-refractivity contribution in [2.75, 3.05) is 18.2 Å². The molecule has 2 aromatic carbocycles. The van der Waals surface area contributed by atoms with Crippen molar-refractivity contribution in [2.24, 2.45) is 11.0 Å². The quantitative estimate of drug-likeness (QED) is 0.346. The third kappa shape index (κ3) is 5.38. The number of rotatable bonds is 8. The molecule has 37 heavy (non-hydrogen) atoms. The largest absolute Gasteiger partial charge is 0.462 e. The van der Waals surface area contributed by atoms with Crippen LogP contribution >= 0.6 is 0 Å². The number of nitrogens with zero attached hydrogens (tertiary/aromatic N) is 2. The highest BCUT2D eigenvalue weighted by Crippen LogP contribution is 2.29. The van der Waals surface area contributed by atoms with Gasteiger partial charge in [0, 0.05) is 17.7 Å².